The van der Waals surface area contributed by atoms with Gasteiger partial charge in [0.2, 0.25) is 0 Å². The summed E-state index contributed by atoms with van der Waals surface area (Å²) in [6.07, 6.45) is -1.78. The highest BCUT2D eigenvalue weighted by atomic mass is 19.4. The zero-order chi connectivity index (χ0) is 29.6. The van der Waals surface area contributed by atoms with Gasteiger partial charge in [-0.15, -0.1) is 0 Å². The number of hydrogen-bond donors (Lipinski definition) is 3. The summed E-state index contributed by atoms with van der Waals surface area (Å²) < 4.78 is 37.7. The third-order valence-corrected chi connectivity index (χ3v) is 5.30. The minimum Gasteiger partial charge on any atom is -0.493 e. The highest BCUT2D eigenvalue weighted by Crippen LogP contribution is 2.29. The highest BCUT2D eigenvalue weighted by molar-refractivity contribution is 5.73. The van der Waals surface area contributed by atoms with E-state index in [4.69, 9.17) is 14.6 Å². The number of pyridine rings is 1. The fourth-order valence-electron chi connectivity index (χ4n) is 3.51. The van der Waals surface area contributed by atoms with Gasteiger partial charge in [-0.25, -0.2) is 9.78 Å². The Morgan fingerprint density at radius 2 is 1.65 bits per heavy atom. The topological polar surface area (TPSA) is 109 Å². The average molecular weight is 557 g/mol. The van der Waals surface area contributed by atoms with E-state index in [-0.39, 0.29) is 11.8 Å². The van der Waals surface area contributed by atoms with Crippen molar-refractivity contribution in [2.45, 2.75) is 39.3 Å². The molecule has 0 aliphatic heterocycles. The molecule has 10 heteroatoms. The van der Waals surface area contributed by atoms with Crippen LogP contribution in [0.2, 0.25) is 0 Å². The summed E-state index contributed by atoms with van der Waals surface area (Å²) in [5, 5.41) is 19.6. The van der Waals surface area contributed by atoms with Crippen LogP contribution in [-0.4, -0.2) is 46.5 Å². The minimum absolute atomic E-state index is 0.0973. The van der Waals surface area contributed by atoms with E-state index >= 15 is 0 Å². The number of ether oxygens (including phenoxy) is 1. The first-order valence-electron chi connectivity index (χ1n) is 12.4. The van der Waals surface area contributed by atoms with Gasteiger partial charge in [0.1, 0.15) is 11.6 Å². The minimum atomic E-state index is -5.08. The van der Waals surface area contributed by atoms with Crippen molar-refractivity contribution in [1.29, 1.82) is 0 Å². The number of anilines is 1. The van der Waals surface area contributed by atoms with Crippen LogP contribution in [-0.2, 0) is 16.0 Å². The number of nitrogens with zero attached hydrogens (tertiary/aromatic N) is 1. The summed E-state index contributed by atoms with van der Waals surface area (Å²) in [6.45, 7) is 5.26. The van der Waals surface area contributed by atoms with Crippen LogP contribution in [0.3, 0.4) is 0 Å². The summed E-state index contributed by atoms with van der Waals surface area (Å²) in [6, 6.07) is 21.5. The summed E-state index contributed by atoms with van der Waals surface area (Å²) >= 11 is 0. The number of hydrogen-bond acceptors (Lipinski definition) is 5. The van der Waals surface area contributed by atoms with E-state index in [0.29, 0.717) is 13.0 Å². The van der Waals surface area contributed by atoms with Gasteiger partial charge in [0.05, 0.1) is 13.0 Å². The van der Waals surface area contributed by atoms with Crippen molar-refractivity contribution in [2.24, 2.45) is 5.41 Å². The summed E-state index contributed by atoms with van der Waals surface area (Å²) in [5.41, 5.74) is 2.43. The van der Waals surface area contributed by atoms with E-state index < -0.39 is 18.1 Å². The van der Waals surface area contributed by atoms with Crippen LogP contribution >= 0.6 is 0 Å². The molecule has 0 unspecified atom stereocenters. The standard InChI is InChI=1S/C28H30N2O3.C2HF3O2/c1-28(2,21-27(31)32)20-24-14-15-25(19-23(24)13-12-22-9-4-3-5-10-22)33-18-8-17-30-26-11-6-7-16-29-26;3-2(4,5)1(6)7/h3-7,9-11,14-16,19H,8,17-18,20-21H2,1-2H3,(H,29,30)(H,31,32);(H,6,7). The lowest BCUT2D eigenvalue weighted by atomic mass is 9.81. The third-order valence-electron chi connectivity index (χ3n) is 5.30. The summed E-state index contributed by atoms with van der Waals surface area (Å²) in [4.78, 5) is 24.4. The maximum absolute atomic E-state index is 11.3. The third kappa shape index (κ3) is 12.3. The van der Waals surface area contributed by atoms with Crippen LogP contribution in [0.15, 0.2) is 72.9 Å². The van der Waals surface area contributed by atoms with E-state index in [2.05, 4.69) is 22.1 Å². The number of nitrogens with one attached hydrogen (secondary N) is 1. The first-order valence-corrected chi connectivity index (χ1v) is 12.4. The fourth-order valence-corrected chi connectivity index (χ4v) is 3.51. The van der Waals surface area contributed by atoms with Gasteiger partial charge in [-0.2, -0.15) is 13.2 Å². The van der Waals surface area contributed by atoms with Gasteiger partial charge < -0.3 is 20.3 Å². The molecule has 0 saturated carbocycles. The molecule has 7 nitrogen and oxygen atoms in total. The van der Waals surface area contributed by atoms with Gasteiger partial charge in [0.15, 0.2) is 0 Å². The maximum Gasteiger partial charge on any atom is 0.490 e. The molecule has 0 aliphatic rings. The number of carboxylic acids is 2. The molecule has 1 aromatic heterocycles. The van der Waals surface area contributed by atoms with Crippen LogP contribution in [0.1, 0.15) is 43.4 Å². The Hall–Kier alpha value is -4.52. The Morgan fingerprint density at radius 1 is 0.975 bits per heavy atom. The molecular weight excluding hydrogens is 525 g/mol. The molecule has 1 heterocycles. The van der Waals surface area contributed by atoms with Gasteiger partial charge in [0, 0.05) is 23.9 Å². The Morgan fingerprint density at radius 3 is 2.25 bits per heavy atom. The lowest BCUT2D eigenvalue weighted by Crippen LogP contribution is -2.21. The van der Waals surface area contributed by atoms with Crippen molar-refractivity contribution in [2.75, 3.05) is 18.5 Å². The van der Waals surface area contributed by atoms with Crippen LogP contribution < -0.4 is 10.1 Å². The zero-order valence-electron chi connectivity index (χ0n) is 22.2. The van der Waals surface area contributed by atoms with Crippen LogP contribution in [0.4, 0.5) is 19.0 Å². The van der Waals surface area contributed by atoms with Gasteiger partial charge in [-0.05, 0) is 60.2 Å². The van der Waals surface area contributed by atoms with Crippen molar-refractivity contribution in [3.05, 3.63) is 89.6 Å². The number of alkyl halides is 3. The molecule has 0 spiro atoms. The SMILES string of the molecule is CC(C)(CC(=O)O)Cc1ccc(OCCCNc2ccccn2)cc1C#Cc1ccccc1.O=C(O)C(F)(F)F. The van der Waals surface area contributed by atoms with Crippen LogP contribution in [0, 0.1) is 17.3 Å². The molecule has 0 fully saturated rings. The predicted octanol–water partition coefficient (Wildman–Crippen LogP) is 6.04. The van der Waals surface area contributed by atoms with Crippen molar-refractivity contribution in [3.63, 3.8) is 0 Å². The number of rotatable bonds is 10. The molecule has 0 saturated heterocycles. The molecule has 0 bridgehead atoms. The molecule has 3 N–H and O–H groups in total. The van der Waals surface area contributed by atoms with E-state index in [1.165, 1.54) is 0 Å². The van der Waals surface area contributed by atoms with E-state index in [9.17, 15) is 23.1 Å². The monoisotopic (exact) mass is 556 g/mol. The molecule has 3 rings (SSSR count). The number of carboxylic acid groups (broad SMARTS) is 2. The second-order valence-electron chi connectivity index (χ2n) is 9.49. The van der Waals surface area contributed by atoms with E-state index in [1.807, 2.05) is 80.6 Å². The van der Waals surface area contributed by atoms with Crippen LogP contribution in [0.25, 0.3) is 0 Å². The van der Waals surface area contributed by atoms with Crippen molar-refractivity contribution in [1.82, 2.24) is 4.98 Å². The van der Waals surface area contributed by atoms with Gasteiger partial charge in [0.25, 0.3) is 0 Å². The number of benzene rings is 2. The molecule has 0 radical (unpaired) electrons. The van der Waals surface area contributed by atoms with Crippen molar-refractivity contribution < 1.29 is 37.7 Å². The van der Waals surface area contributed by atoms with Crippen molar-refractivity contribution in [3.8, 4) is 17.6 Å². The normalized spacial score (nSPS) is 10.8. The number of aliphatic carboxylic acids is 2. The molecule has 2 aromatic carbocycles. The highest BCUT2D eigenvalue weighted by Gasteiger charge is 2.38. The largest absolute Gasteiger partial charge is 0.493 e. The Balaban J connectivity index is 0.000000708. The molecule has 0 amide bonds. The molecule has 0 aliphatic carbocycles. The van der Waals surface area contributed by atoms with E-state index in [0.717, 1.165) is 41.2 Å². The van der Waals surface area contributed by atoms with Gasteiger partial charge in [-0.3, -0.25) is 4.79 Å². The second-order valence-corrected chi connectivity index (χ2v) is 9.49. The van der Waals surface area contributed by atoms with Crippen molar-refractivity contribution >= 4 is 17.8 Å². The average Bonchev–Trinajstić information content (AvgIpc) is 2.88. The number of halogens is 3. The predicted molar refractivity (Wildman–Crippen MR) is 145 cm³/mol. The number of aromatic nitrogens is 1. The lowest BCUT2D eigenvalue weighted by molar-refractivity contribution is -0.192. The molecule has 40 heavy (non-hydrogen) atoms. The quantitative estimate of drug-likeness (QED) is 0.206. The Bertz CT molecular complexity index is 1300. The smallest absolute Gasteiger partial charge is 0.490 e. The first-order chi connectivity index (χ1) is 18.9. The molecule has 0 atom stereocenters. The van der Waals surface area contributed by atoms with E-state index in [1.54, 1.807) is 6.20 Å². The maximum atomic E-state index is 11.3. The Labute approximate surface area is 231 Å². The molecule has 3 aromatic rings. The zero-order valence-corrected chi connectivity index (χ0v) is 22.2. The molecular formula is C30H31F3N2O5. The summed E-state index contributed by atoms with van der Waals surface area (Å²) in [7, 11) is 0. The van der Waals surface area contributed by atoms with Crippen LogP contribution in [0.5, 0.6) is 5.75 Å². The Kier molecular flexibility index (Phi) is 12.0. The van der Waals surface area contributed by atoms with Gasteiger partial charge in [-0.1, -0.05) is 56.0 Å². The second kappa shape index (κ2) is 15.2. The summed E-state index contributed by atoms with van der Waals surface area (Å²) in [5.74, 6) is 4.54. The lowest BCUT2D eigenvalue weighted by Gasteiger charge is -2.23. The molecule has 212 valence electrons. The fraction of sp³-hybridized carbons (Fsp3) is 0.300. The first kappa shape index (κ1) is 31.7. The number of carbonyl (C=O) groups is 2. The van der Waals surface area contributed by atoms with Gasteiger partial charge >= 0.3 is 18.1 Å².